The Kier molecular flexibility index (Phi) is 2.82. The van der Waals surface area contributed by atoms with Gasteiger partial charge in [-0.1, -0.05) is 20.8 Å². The summed E-state index contributed by atoms with van der Waals surface area (Å²) in [5, 5.41) is 0. The summed E-state index contributed by atoms with van der Waals surface area (Å²) in [7, 11) is 0. The molecule has 0 N–H and O–H groups in total. The first-order valence-corrected chi connectivity index (χ1v) is 5.32. The van der Waals surface area contributed by atoms with Crippen LogP contribution in [0, 0.1) is 17.3 Å². The van der Waals surface area contributed by atoms with Crippen molar-refractivity contribution in [2.75, 3.05) is 0 Å². The van der Waals surface area contributed by atoms with Crippen molar-refractivity contribution >= 4 is 23.2 Å². The molecule has 0 heterocycles. The van der Waals surface area contributed by atoms with Crippen LogP contribution in [0.15, 0.2) is 0 Å². The van der Waals surface area contributed by atoms with E-state index in [4.69, 9.17) is 23.2 Å². The Morgan fingerprint density at radius 3 is 1.79 bits per heavy atom. The van der Waals surface area contributed by atoms with Crippen LogP contribution in [-0.4, -0.2) is 10.5 Å². The standard InChI is InChI=1S/C9H13Cl2F3/c1-4-7(5(2)8(7,10)11)6(3)9(12,13)14/h5-6H,4H2,1-3H3. The molecule has 14 heavy (non-hydrogen) atoms. The van der Waals surface area contributed by atoms with Crippen LogP contribution in [0.4, 0.5) is 13.2 Å². The molecule has 0 aromatic carbocycles. The van der Waals surface area contributed by atoms with Gasteiger partial charge in [0.1, 0.15) is 4.33 Å². The van der Waals surface area contributed by atoms with Gasteiger partial charge in [-0.15, -0.1) is 23.2 Å². The molecule has 0 aliphatic heterocycles. The smallest absolute Gasteiger partial charge is 0.171 e. The highest BCUT2D eigenvalue weighted by molar-refractivity contribution is 6.51. The summed E-state index contributed by atoms with van der Waals surface area (Å²) in [4.78, 5) is 0. The lowest BCUT2D eigenvalue weighted by Gasteiger charge is -2.26. The van der Waals surface area contributed by atoms with Crippen molar-refractivity contribution in [1.29, 1.82) is 0 Å². The van der Waals surface area contributed by atoms with Crippen molar-refractivity contribution < 1.29 is 13.2 Å². The van der Waals surface area contributed by atoms with Crippen LogP contribution in [0.1, 0.15) is 27.2 Å². The fourth-order valence-corrected chi connectivity index (χ4v) is 3.67. The van der Waals surface area contributed by atoms with Gasteiger partial charge in [-0.05, 0) is 12.3 Å². The second kappa shape index (κ2) is 3.18. The number of hydrogen-bond donors (Lipinski definition) is 0. The molecule has 1 aliphatic rings. The normalized spacial score (nSPS) is 38.1. The van der Waals surface area contributed by atoms with Crippen molar-refractivity contribution in [2.24, 2.45) is 17.3 Å². The van der Waals surface area contributed by atoms with Gasteiger partial charge in [0.2, 0.25) is 0 Å². The average molecular weight is 249 g/mol. The van der Waals surface area contributed by atoms with Crippen LogP contribution in [0.5, 0.6) is 0 Å². The molecular formula is C9H13Cl2F3. The van der Waals surface area contributed by atoms with Crippen molar-refractivity contribution in [3.8, 4) is 0 Å². The molecule has 0 nitrogen and oxygen atoms in total. The Labute approximate surface area is 91.8 Å². The fourth-order valence-electron chi connectivity index (χ4n) is 2.47. The third kappa shape index (κ3) is 1.35. The van der Waals surface area contributed by atoms with Gasteiger partial charge in [0.05, 0.1) is 5.92 Å². The van der Waals surface area contributed by atoms with E-state index in [1.807, 2.05) is 0 Å². The van der Waals surface area contributed by atoms with Gasteiger partial charge in [-0.3, -0.25) is 0 Å². The molecule has 0 saturated heterocycles. The lowest BCUT2D eigenvalue weighted by Crippen LogP contribution is -2.32. The Hall–Kier alpha value is 0.370. The van der Waals surface area contributed by atoms with E-state index in [0.717, 1.165) is 6.92 Å². The number of alkyl halides is 5. The molecule has 84 valence electrons. The lowest BCUT2D eigenvalue weighted by atomic mass is 9.85. The monoisotopic (exact) mass is 248 g/mol. The first kappa shape index (κ1) is 12.4. The molecule has 3 unspecified atom stereocenters. The molecule has 0 radical (unpaired) electrons. The Morgan fingerprint density at radius 2 is 1.71 bits per heavy atom. The van der Waals surface area contributed by atoms with Crippen molar-refractivity contribution in [1.82, 2.24) is 0 Å². The molecule has 0 spiro atoms. The van der Waals surface area contributed by atoms with E-state index in [0.29, 0.717) is 6.42 Å². The van der Waals surface area contributed by atoms with Gasteiger partial charge < -0.3 is 0 Å². The molecule has 1 aliphatic carbocycles. The van der Waals surface area contributed by atoms with E-state index in [-0.39, 0.29) is 5.92 Å². The summed E-state index contributed by atoms with van der Waals surface area (Å²) in [6.07, 6.45) is -3.88. The molecule has 0 amide bonds. The lowest BCUT2D eigenvalue weighted by molar-refractivity contribution is -0.190. The quantitative estimate of drug-likeness (QED) is 0.636. The highest BCUT2D eigenvalue weighted by Gasteiger charge is 2.77. The zero-order chi connectivity index (χ0) is 11.4. The highest BCUT2D eigenvalue weighted by atomic mass is 35.5. The molecule has 0 aromatic heterocycles. The van der Waals surface area contributed by atoms with E-state index < -0.39 is 21.8 Å². The topological polar surface area (TPSA) is 0 Å². The minimum atomic E-state index is -4.23. The van der Waals surface area contributed by atoms with Crippen molar-refractivity contribution in [3.05, 3.63) is 0 Å². The molecule has 1 saturated carbocycles. The SMILES string of the molecule is CCC1(C(C)C(F)(F)F)C(C)C1(Cl)Cl. The Bertz CT molecular complexity index is 237. The maximum Gasteiger partial charge on any atom is 0.392 e. The minimum Gasteiger partial charge on any atom is -0.171 e. The fraction of sp³-hybridized carbons (Fsp3) is 1.00. The number of rotatable bonds is 2. The van der Waals surface area contributed by atoms with Crippen LogP contribution < -0.4 is 0 Å². The van der Waals surface area contributed by atoms with Gasteiger partial charge in [0, 0.05) is 5.41 Å². The summed E-state index contributed by atoms with van der Waals surface area (Å²) in [6.45, 7) is 4.53. The molecule has 0 aromatic rings. The Balaban J connectivity index is 2.97. The second-order valence-corrected chi connectivity index (χ2v) is 5.39. The predicted octanol–water partition coefficient (Wildman–Crippen LogP) is 4.40. The molecule has 1 rings (SSSR count). The van der Waals surface area contributed by atoms with Gasteiger partial charge in [-0.25, -0.2) is 0 Å². The first-order valence-electron chi connectivity index (χ1n) is 4.56. The Morgan fingerprint density at radius 1 is 1.36 bits per heavy atom. The molecule has 3 atom stereocenters. The second-order valence-electron chi connectivity index (χ2n) is 4.00. The maximum atomic E-state index is 12.6. The van der Waals surface area contributed by atoms with Crippen LogP contribution in [-0.2, 0) is 0 Å². The first-order chi connectivity index (χ1) is 6.12. The van der Waals surface area contributed by atoms with Crippen LogP contribution >= 0.6 is 23.2 Å². The van der Waals surface area contributed by atoms with E-state index in [9.17, 15) is 13.2 Å². The summed E-state index contributed by atoms with van der Waals surface area (Å²) in [5.74, 6) is -1.76. The van der Waals surface area contributed by atoms with Crippen LogP contribution in [0.3, 0.4) is 0 Å². The zero-order valence-electron chi connectivity index (χ0n) is 8.25. The number of halogens is 5. The molecular weight excluding hydrogens is 236 g/mol. The summed E-state index contributed by atoms with van der Waals surface area (Å²) in [5.41, 5.74) is -1.01. The average Bonchev–Trinajstić information content (AvgIpc) is 2.45. The summed E-state index contributed by atoms with van der Waals surface area (Å²) in [6, 6.07) is 0. The van der Waals surface area contributed by atoms with Crippen molar-refractivity contribution in [2.45, 2.75) is 37.7 Å². The van der Waals surface area contributed by atoms with Crippen LogP contribution in [0.2, 0.25) is 0 Å². The predicted molar refractivity (Wildman–Crippen MR) is 51.5 cm³/mol. The minimum absolute atomic E-state index is 0.306. The van der Waals surface area contributed by atoms with Gasteiger partial charge >= 0.3 is 6.18 Å². The third-order valence-corrected chi connectivity index (χ3v) is 5.06. The van der Waals surface area contributed by atoms with E-state index in [1.165, 1.54) is 0 Å². The summed E-state index contributed by atoms with van der Waals surface area (Å²) < 4.78 is 36.5. The molecule has 5 heteroatoms. The largest absolute Gasteiger partial charge is 0.392 e. The summed E-state index contributed by atoms with van der Waals surface area (Å²) >= 11 is 11.8. The highest BCUT2D eigenvalue weighted by Crippen LogP contribution is 2.75. The van der Waals surface area contributed by atoms with Gasteiger partial charge in [0.15, 0.2) is 0 Å². The van der Waals surface area contributed by atoms with E-state index >= 15 is 0 Å². The third-order valence-electron chi connectivity index (χ3n) is 3.70. The van der Waals surface area contributed by atoms with Crippen molar-refractivity contribution in [3.63, 3.8) is 0 Å². The van der Waals surface area contributed by atoms with Gasteiger partial charge in [-0.2, -0.15) is 13.2 Å². The maximum absolute atomic E-state index is 12.6. The van der Waals surface area contributed by atoms with Gasteiger partial charge in [0.25, 0.3) is 0 Å². The zero-order valence-corrected chi connectivity index (χ0v) is 9.76. The van der Waals surface area contributed by atoms with E-state index in [2.05, 4.69) is 0 Å². The molecule has 0 bridgehead atoms. The molecule has 1 fully saturated rings. The van der Waals surface area contributed by atoms with Crippen LogP contribution in [0.25, 0.3) is 0 Å². The van der Waals surface area contributed by atoms with E-state index in [1.54, 1.807) is 13.8 Å². The number of hydrogen-bond acceptors (Lipinski definition) is 0.